The quantitative estimate of drug-likeness (QED) is 0.845. The summed E-state index contributed by atoms with van der Waals surface area (Å²) in [5.74, 6) is 5.59. The van der Waals surface area contributed by atoms with E-state index in [0.717, 1.165) is 0 Å². The third-order valence-electron chi connectivity index (χ3n) is 2.53. The van der Waals surface area contributed by atoms with E-state index in [1.807, 2.05) is 19.2 Å². The first-order chi connectivity index (χ1) is 9.60. The molecule has 0 aliphatic carbocycles. The molecule has 0 aliphatic rings. The molecule has 1 amide bonds. The summed E-state index contributed by atoms with van der Waals surface area (Å²) in [6, 6.07) is 3.85. The van der Waals surface area contributed by atoms with Crippen molar-refractivity contribution in [2.45, 2.75) is 20.3 Å². The standard InChI is InChI=1S/C15H18N2O2S/c1-12(2)11-17(8-4-7-16)15(19)14-13(5-3-9-18)6-10-20-14/h6,10,12,18H,4,8-9,11H2,1-2H3. The number of carbonyl (C=O) groups is 1. The van der Waals surface area contributed by atoms with Crippen LogP contribution in [0.4, 0.5) is 0 Å². The third-order valence-corrected chi connectivity index (χ3v) is 3.43. The van der Waals surface area contributed by atoms with E-state index < -0.39 is 0 Å². The Bertz CT molecular complexity index is 546. The number of aliphatic hydroxyl groups is 1. The van der Waals surface area contributed by atoms with Crippen LogP contribution in [0.2, 0.25) is 0 Å². The average molecular weight is 290 g/mol. The zero-order valence-corrected chi connectivity index (χ0v) is 12.5. The molecule has 5 heteroatoms. The van der Waals surface area contributed by atoms with Crippen molar-refractivity contribution in [1.29, 1.82) is 5.26 Å². The largest absolute Gasteiger partial charge is 0.384 e. The minimum absolute atomic E-state index is 0.0915. The Morgan fingerprint density at radius 2 is 2.30 bits per heavy atom. The highest BCUT2D eigenvalue weighted by Crippen LogP contribution is 2.19. The maximum Gasteiger partial charge on any atom is 0.265 e. The smallest absolute Gasteiger partial charge is 0.265 e. The normalized spacial score (nSPS) is 9.75. The van der Waals surface area contributed by atoms with Gasteiger partial charge in [-0.05, 0) is 17.4 Å². The molecular weight excluding hydrogens is 272 g/mol. The second-order valence-corrected chi connectivity index (χ2v) is 5.59. The van der Waals surface area contributed by atoms with Gasteiger partial charge in [-0.2, -0.15) is 5.26 Å². The number of nitriles is 1. The maximum absolute atomic E-state index is 12.5. The van der Waals surface area contributed by atoms with E-state index >= 15 is 0 Å². The predicted molar refractivity (Wildman–Crippen MR) is 79.3 cm³/mol. The molecule has 20 heavy (non-hydrogen) atoms. The van der Waals surface area contributed by atoms with Gasteiger partial charge in [-0.25, -0.2) is 0 Å². The molecule has 1 N–H and O–H groups in total. The third kappa shape index (κ3) is 4.70. The molecular formula is C15H18N2O2S. The molecule has 0 aliphatic heterocycles. The van der Waals surface area contributed by atoms with Gasteiger partial charge in [0.05, 0.1) is 12.5 Å². The van der Waals surface area contributed by atoms with Crippen molar-refractivity contribution in [2.24, 2.45) is 5.92 Å². The lowest BCUT2D eigenvalue weighted by Gasteiger charge is -2.23. The number of amides is 1. The van der Waals surface area contributed by atoms with Gasteiger partial charge in [-0.1, -0.05) is 25.7 Å². The van der Waals surface area contributed by atoms with Gasteiger partial charge >= 0.3 is 0 Å². The van der Waals surface area contributed by atoms with Crippen molar-refractivity contribution in [3.8, 4) is 17.9 Å². The van der Waals surface area contributed by atoms with E-state index in [9.17, 15) is 4.79 Å². The van der Waals surface area contributed by atoms with Crippen molar-refractivity contribution in [3.05, 3.63) is 21.9 Å². The molecule has 0 aromatic carbocycles. The molecule has 1 heterocycles. The molecule has 106 valence electrons. The number of aliphatic hydroxyl groups excluding tert-OH is 1. The van der Waals surface area contributed by atoms with Crippen LogP contribution in [0.15, 0.2) is 11.4 Å². The van der Waals surface area contributed by atoms with Gasteiger partial charge in [0.2, 0.25) is 0 Å². The summed E-state index contributed by atoms with van der Waals surface area (Å²) < 4.78 is 0. The van der Waals surface area contributed by atoms with E-state index in [0.29, 0.717) is 35.9 Å². The highest BCUT2D eigenvalue weighted by Gasteiger charge is 2.20. The number of nitrogens with zero attached hydrogens (tertiary/aromatic N) is 2. The molecule has 4 nitrogen and oxygen atoms in total. The summed E-state index contributed by atoms with van der Waals surface area (Å²) in [5.41, 5.74) is 0.639. The van der Waals surface area contributed by atoms with Crippen LogP contribution in [0.25, 0.3) is 0 Å². The summed E-state index contributed by atoms with van der Waals surface area (Å²) >= 11 is 1.34. The molecule has 0 bridgehead atoms. The number of carbonyl (C=O) groups excluding carboxylic acids is 1. The number of thiophene rings is 1. The fourth-order valence-corrected chi connectivity index (χ4v) is 2.57. The lowest BCUT2D eigenvalue weighted by Crippen LogP contribution is -2.34. The van der Waals surface area contributed by atoms with Gasteiger partial charge in [0.25, 0.3) is 5.91 Å². The topological polar surface area (TPSA) is 64.3 Å². The SMILES string of the molecule is CC(C)CN(CCC#N)C(=O)c1sccc1C#CCO. The van der Waals surface area contributed by atoms with Gasteiger partial charge in [-0.15, -0.1) is 11.3 Å². The van der Waals surface area contributed by atoms with Crippen LogP contribution in [-0.2, 0) is 0 Å². The monoisotopic (exact) mass is 290 g/mol. The number of rotatable bonds is 5. The van der Waals surface area contributed by atoms with E-state index in [2.05, 4.69) is 17.9 Å². The van der Waals surface area contributed by atoms with Crippen molar-refractivity contribution < 1.29 is 9.90 Å². The van der Waals surface area contributed by atoms with Gasteiger partial charge in [0.1, 0.15) is 11.5 Å². The van der Waals surface area contributed by atoms with Gasteiger partial charge in [-0.3, -0.25) is 4.79 Å². The first-order valence-corrected chi connectivity index (χ1v) is 7.31. The van der Waals surface area contributed by atoms with E-state index in [1.54, 1.807) is 11.0 Å². The Morgan fingerprint density at radius 1 is 1.55 bits per heavy atom. The fraction of sp³-hybridized carbons (Fsp3) is 0.467. The Hall–Kier alpha value is -1.82. The molecule has 1 aromatic heterocycles. The summed E-state index contributed by atoms with van der Waals surface area (Å²) in [6.45, 7) is 4.89. The van der Waals surface area contributed by atoms with Crippen LogP contribution in [0.1, 0.15) is 35.5 Å². The van der Waals surface area contributed by atoms with E-state index in [-0.39, 0.29) is 12.5 Å². The van der Waals surface area contributed by atoms with Crippen molar-refractivity contribution in [2.75, 3.05) is 19.7 Å². The Kier molecular flexibility index (Phi) is 6.79. The maximum atomic E-state index is 12.5. The van der Waals surface area contributed by atoms with Crippen LogP contribution in [0, 0.1) is 29.1 Å². The average Bonchev–Trinajstić information content (AvgIpc) is 2.88. The van der Waals surface area contributed by atoms with Crippen LogP contribution in [0.3, 0.4) is 0 Å². The molecule has 0 saturated carbocycles. The number of hydrogen-bond acceptors (Lipinski definition) is 4. The molecule has 0 fully saturated rings. The van der Waals surface area contributed by atoms with E-state index in [1.165, 1.54) is 11.3 Å². The highest BCUT2D eigenvalue weighted by molar-refractivity contribution is 7.12. The summed E-state index contributed by atoms with van der Waals surface area (Å²) in [6.07, 6.45) is 0.321. The Morgan fingerprint density at radius 3 is 2.90 bits per heavy atom. The lowest BCUT2D eigenvalue weighted by atomic mass is 10.1. The second kappa shape index (κ2) is 8.37. The molecule has 1 rings (SSSR count). The molecule has 0 spiro atoms. The number of hydrogen-bond donors (Lipinski definition) is 1. The lowest BCUT2D eigenvalue weighted by molar-refractivity contribution is 0.0744. The van der Waals surface area contributed by atoms with Crippen molar-refractivity contribution in [1.82, 2.24) is 4.90 Å². The van der Waals surface area contributed by atoms with Crippen LogP contribution in [0.5, 0.6) is 0 Å². The Labute approximate surface area is 123 Å². The minimum atomic E-state index is -0.229. The zero-order valence-electron chi connectivity index (χ0n) is 11.7. The molecule has 0 atom stereocenters. The molecule has 0 unspecified atom stereocenters. The van der Waals surface area contributed by atoms with Crippen LogP contribution in [-0.4, -0.2) is 35.6 Å². The molecule has 1 aromatic rings. The van der Waals surface area contributed by atoms with Crippen LogP contribution < -0.4 is 0 Å². The summed E-state index contributed by atoms with van der Waals surface area (Å²) in [4.78, 5) is 14.8. The molecule has 0 saturated heterocycles. The van der Waals surface area contributed by atoms with Crippen LogP contribution >= 0.6 is 11.3 Å². The van der Waals surface area contributed by atoms with Crippen molar-refractivity contribution in [3.63, 3.8) is 0 Å². The summed E-state index contributed by atoms with van der Waals surface area (Å²) in [5, 5.41) is 19.2. The summed E-state index contributed by atoms with van der Waals surface area (Å²) in [7, 11) is 0. The predicted octanol–water partition coefficient (Wildman–Crippen LogP) is 2.10. The Balaban J connectivity index is 2.94. The molecule has 0 radical (unpaired) electrons. The van der Waals surface area contributed by atoms with Gasteiger partial charge in [0.15, 0.2) is 0 Å². The van der Waals surface area contributed by atoms with Gasteiger partial charge < -0.3 is 10.0 Å². The fourth-order valence-electron chi connectivity index (χ4n) is 1.75. The van der Waals surface area contributed by atoms with E-state index in [4.69, 9.17) is 10.4 Å². The second-order valence-electron chi connectivity index (χ2n) is 4.68. The highest BCUT2D eigenvalue weighted by atomic mass is 32.1. The zero-order chi connectivity index (χ0) is 15.0. The first kappa shape index (κ1) is 16.2. The first-order valence-electron chi connectivity index (χ1n) is 6.43. The van der Waals surface area contributed by atoms with Gasteiger partial charge in [0, 0.05) is 18.7 Å². The minimum Gasteiger partial charge on any atom is -0.384 e. The van der Waals surface area contributed by atoms with Crippen molar-refractivity contribution >= 4 is 17.2 Å².